The molecule has 0 unspecified atom stereocenters. The second kappa shape index (κ2) is 3.45. The van der Waals surface area contributed by atoms with E-state index in [0.29, 0.717) is 12.2 Å². The molecule has 72 valence electrons. The van der Waals surface area contributed by atoms with Crippen molar-refractivity contribution >= 4 is 5.69 Å². The molecule has 2 aromatic rings. The van der Waals surface area contributed by atoms with Crippen molar-refractivity contribution in [2.24, 2.45) is 0 Å². The highest BCUT2D eigenvalue weighted by molar-refractivity contribution is 5.39. The first-order valence-corrected chi connectivity index (χ1v) is 4.30. The minimum atomic E-state index is 0.631. The Kier molecular flexibility index (Phi) is 2.14. The summed E-state index contributed by atoms with van der Waals surface area (Å²) in [6.45, 7) is 2.56. The van der Waals surface area contributed by atoms with E-state index in [4.69, 9.17) is 5.73 Å². The van der Waals surface area contributed by atoms with Gasteiger partial charge in [-0.25, -0.2) is 9.97 Å². The van der Waals surface area contributed by atoms with Gasteiger partial charge >= 0.3 is 0 Å². The van der Waals surface area contributed by atoms with Gasteiger partial charge in [0.2, 0.25) is 0 Å². The number of anilines is 1. The second-order valence-electron chi connectivity index (χ2n) is 3.04. The van der Waals surface area contributed by atoms with E-state index in [-0.39, 0.29) is 0 Å². The van der Waals surface area contributed by atoms with Crippen LogP contribution in [0.5, 0.6) is 0 Å². The van der Waals surface area contributed by atoms with Gasteiger partial charge in [0.1, 0.15) is 6.33 Å². The third kappa shape index (κ3) is 1.56. The molecule has 5 heteroatoms. The quantitative estimate of drug-likeness (QED) is 0.751. The van der Waals surface area contributed by atoms with Crippen LogP contribution < -0.4 is 5.73 Å². The molecular weight excluding hydrogens is 178 g/mol. The normalized spacial score (nSPS) is 10.4. The van der Waals surface area contributed by atoms with Crippen molar-refractivity contribution in [2.75, 3.05) is 5.73 Å². The van der Waals surface area contributed by atoms with Gasteiger partial charge in [-0.3, -0.25) is 4.68 Å². The molecule has 0 fully saturated rings. The van der Waals surface area contributed by atoms with E-state index in [0.717, 1.165) is 11.4 Å². The topological polar surface area (TPSA) is 69.6 Å². The van der Waals surface area contributed by atoms with Crippen LogP contribution in [0, 0.1) is 6.92 Å². The summed E-state index contributed by atoms with van der Waals surface area (Å²) in [4.78, 5) is 7.96. The summed E-state index contributed by atoms with van der Waals surface area (Å²) >= 11 is 0. The third-order valence-electron chi connectivity index (χ3n) is 2.10. The lowest BCUT2D eigenvalue weighted by Crippen LogP contribution is -2.05. The van der Waals surface area contributed by atoms with Crippen molar-refractivity contribution in [3.8, 4) is 0 Å². The minimum Gasteiger partial charge on any atom is -0.396 e. The Labute approximate surface area is 81.6 Å². The number of aromatic nitrogens is 4. The predicted molar refractivity (Wildman–Crippen MR) is 52.5 cm³/mol. The van der Waals surface area contributed by atoms with Crippen LogP contribution in [0.15, 0.2) is 24.8 Å². The SMILES string of the molecule is Cc1c(N)cnn1Cc1ccncn1. The second-order valence-corrected chi connectivity index (χ2v) is 3.04. The van der Waals surface area contributed by atoms with Crippen molar-refractivity contribution in [3.63, 3.8) is 0 Å². The average molecular weight is 189 g/mol. The predicted octanol–water partition coefficient (Wildman–Crippen LogP) is 0.612. The molecule has 0 aromatic carbocycles. The molecule has 14 heavy (non-hydrogen) atoms. The largest absolute Gasteiger partial charge is 0.396 e. The first-order chi connectivity index (χ1) is 6.77. The molecule has 0 amide bonds. The summed E-state index contributed by atoms with van der Waals surface area (Å²) in [5.41, 5.74) is 8.27. The van der Waals surface area contributed by atoms with E-state index >= 15 is 0 Å². The Morgan fingerprint density at radius 3 is 2.93 bits per heavy atom. The summed E-state index contributed by atoms with van der Waals surface area (Å²) in [6.07, 6.45) is 4.89. The first kappa shape index (κ1) is 8.68. The van der Waals surface area contributed by atoms with Crippen molar-refractivity contribution < 1.29 is 0 Å². The maximum Gasteiger partial charge on any atom is 0.115 e. The van der Waals surface area contributed by atoms with Gasteiger partial charge in [0, 0.05) is 6.20 Å². The maximum atomic E-state index is 5.68. The van der Waals surface area contributed by atoms with Crippen LogP contribution in [0.3, 0.4) is 0 Å². The highest BCUT2D eigenvalue weighted by atomic mass is 15.3. The number of nitrogens with two attached hydrogens (primary N) is 1. The van der Waals surface area contributed by atoms with Gasteiger partial charge in [-0.05, 0) is 13.0 Å². The fourth-order valence-electron chi connectivity index (χ4n) is 1.19. The van der Waals surface area contributed by atoms with Crippen LogP contribution >= 0.6 is 0 Å². The van der Waals surface area contributed by atoms with E-state index in [1.54, 1.807) is 12.4 Å². The van der Waals surface area contributed by atoms with E-state index in [1.165, 1.54) is 6.33 Å². The Bertz CT molecular complexity index is 420. The lowest BCUT2D eigenvalue weighted by atomic mass is 10.4. The molecule has 2 rings (SSSR count). The van der Waals surface area contributed by atoms with Crippen LogP contribution in [0.1, 0.15) is 11.4 Å². The minimum absolute atomic E-state index is 0.631. The van der Waals surface area contributed by atoms with Crippen LogP contribution in [0.2, 0.25) is 0 Å². The summed E-state index contributed by atoms with van der Waals surface area (Å²) in [6, 6.07) is 1.86. The zero-order chi connectivity index (χ0) is 9.97. The fourth-order valence-corrected chi connectivity index (χ4v) is 1.19. The van der Waals surface area contributed by atoms with Crippen LogP contribution in [0.25, 0.3) is 0 Å². The Hall–Kier alpha value is -1.91. The average Bonchev–Trinajstić information content (AvgIpc) is 2.52. The Balaban J connectivity index is 2.23. The number of nitrogens with zero attached hydrogens (tertiary/aromatic N) is 4. The van der Waals surface area contributed by atoms with Gasteiger partial charge < -0.3 is 5.73 Å². The van der Waals surface area contributed by atoms with Gasteiger partial charge in [0.05, 0.1) is 29.8 Å². The van der Waals surface area contributed by atoms with E-state index in [1.807, 2.05) is 17.7 Å². The molecule has 0 atom stereocenters. The summed E-state index contributed by atoms with van der Waals surface area (Å²) < 4.78 is 1.82. The van der Waals surface area contributed by atoms with Gasteiger partial charge in [0.25, 0.3) is 0 Å². The molecule has 0 saturated heterocycles. The summed E-state index contributed by atoms with van der Waals surface area (Å²) in [5.74, 6) is 0. The van der Waals surface area contributed by atoms with Gasteiger partial charge in [-0.1, -0.05) is 0 Å². The maximum absolute atomic E-state index is 5.68. The van der Waals surface area contributed by atoms with Crippen LogP contribution in [-0.2, 0) is 6.54 Å². The zero-order valence-electron chi connectivity index (χ0n) is 7.88. The molecule has 0 radical (unpaired) electrons. The molecule has 2 heterocycles. The van der Waals surface area contributed by atoms with Crippen molar-refractivity contribution in [1.29, 1.82) is 0 Å². The van der Waals surface area contributed by atoms with E-state index in [2.05, 4.69) is 15.1 Å². The molecule has 0 aliphatic rings. The molecule has 2 aromatic heterocycles. The number of rotatable bonds is 2. The fraction of sp³-hybridized carbons (Fsp3) is 0.222. The molecule has 0 bridgehead atoms. The number of nitrogen functional groups attached to an aromatic ring is 1. The molecule has 2 N–H and O–H groups in total. The lowest BCUT2D eigenvalue weighted by Gasteiger charge is -2.02. The third-order valence-corrected chi connectivity index (χ3v) is 2.10. The molecule has 5 nitrogen and oxygen atoms in total. The number of hydrogen-bond acceptors (Lipinski definition) is 4. The zero-order valence-corrected chi connectivity index (χ0v) is 7.88. The standard InChI is InChI=1S/C9H11N5/c1-7-9(10)4-13-14(7)5-8-2-3-11-6-12-8/h2-4,6H,5,10H2,1H3. The lowest BCUT2D eigenvalue weighted by molar-refractivity contribution is 0.651. The molecule has 0 aliphatic carbocycles. The summed E-state index contributed by atoms with van der Waals surface area (Å²) in [5, 5.41) is 4.14. The molecule has 0 spiro atoms. The smallest absolute Gasteiger partial charge is 0.115 e. The van der Waals surface area contributed by atoms with Crippen molar-refractivity contribution in [2.45, 2.75) is 13.5 Å². The van der Waals surface area contributed by atoms with Crippen molar-refractivity contribution in [1.82, 2.24) is 19.7 Å². The summed E-state index contributed by atoms with van der Waals surface area (Å²) in [7, 11) is 0. The monoisotopic (exact) mass is 189 g/mol. The van der Waals surface area contributed by atoms with E-state index in [9.17, 15) is 0 Å². The van der Waals surface area contributed by atoms with Gasteiger partial charge in [0.15, 0.2) is 0 Å². The Morgan fingerprint density at radius 2 is 2.36 bits per heavy atom. The van der Waals surface area contributed by atoms with Crippen LogP contribution in [-0.4, -0.2) is 19.7 Å². The highest BCUT2D eigenvalue weighted by Crippen LogP contribution is 2.09. The molecule has 0 aliphatic heterocycles. The van der Waals surface area contributed by atoms with Crippen molar-refractivity contribution in [3.05, 3.63) is 36.2 Å². The Morgan fingerprint density at radius 1 is 1.50 bits per heavy atom. The molecular formula is C9H11N5. The molecule has 0 saturated carbocycles. The van der Waals surface area contributed by atoms with Crippen LogP contribution in [0.4, 0.5) is 5.69 Å². The first-order valence-electron chi connectivity index (χ1n) is 4.30. The van der Waals surface area contributed by atoms with Gasteiger partial charge in [-0.15, -0.1) is 0 Å². The highest BCUT2D eigenvalue weighted by Gasteiger charge is 2.03. The van der Waals surface area contributed by atoms with E-state index < -0.39 is 0 Å². The number of hydrogen-bond donors (Lipinski definition) is 1. The van der Waals surface area contributed by atoms with Gasteiger partial charge in [-0.2, -0.15) is 5.10 Å².